The Morgan fingerprint density at radius 3 is 2.57 bits per heavy atom. The van der Waals surface area contributed by atoms with E-state index in [1.54, 1.807) is 6.07 Å². The first-order valence-electron chi connectivity index (χ1n) is 8.21. The standard InChI is InChI=1S/C18H27ClFN/c1-13(2)11-21-12-16(14-5-3-4-6-14)9-15-7-8-17(19)10-18(15)20/h7-8,10,13-14,16,21H,3-6,9,11-12H2,1-2H3. The third kappa shape index (κ3) is 5.27. The highest BCUT2D eigenvalue weighted by Crippen LogP contribution is 2.33. The van der Waals surface area contributed by atoms with Gasteiger partial charge < -0.3 is 5.32 Å². The summed E-state index contributed by atoms with van der Waals surface area (Å²) in [5, 5.41) is 4.04. The fourth-order valence-electron chi connectivity index (χ4n) is 3.36. The van der Waals surface area contributed by atoms with E-state index in [4.69, 9.17) is 11.6 Å². The molecule has 0 amide bonds. The SMILES string of the molecule is CC(C)CNCC(Cc1ccc(Cl)cc1F)C1CCCC1. The summed E-state index contributed by atoms with van der Waals surface area (Å²) in [6, 6.07) is 5.08. The molecule has 0 saturated heterocycles. The second-order valence-corrected chi connectivity index (χ2v) is 7.23. The molecule has 1 N–H and O–H groups in total. The highest BCUT2D eigenvalue weighted by molar-refractivity contribution is 6.30. The Morgan fingerprint density at radius 2 is 1.95 bits per heavy atom. The molecule has 1 aliphatic carbocycles. The fraction of sp³-hybridized carbons (Fsp3) is 0.667. The Bertz CT molecular complexity index is 441. The van der Waals surface area contributed by atoms with Crippen molar-refractivity contribution in [3.63, 3.8) is 0 Å². The molecule has 1 aliphatic rings. The molecule has 0 radical (unpaired) electrons. The highest BCUT2D eigenvalue weighted by atomic mass is 35.5. The van der Waals surface area contributed by atoms with Gasteiger partial charge in [0.2, 0.25) is 0 Å². The summed E-state index contributed by atoms with van der Waals surface area (Å²) in [5.74, 6) is 1.76. The number of benzene rings is 1. The average Bonchev–Trinajstić information content (AvgIpc) is 2.93. The maximum absolute atomic E-state index is 14.0. The smallest absolute Gasteiger partial charge is 0.127 e. The minimum Gasteiger partial charge on any atom is -0.316 e. The van der Waals surface area contributed by atoms with Crippen LogP contribution in [-0.4, -0.2) is 13.1 Å². The number of hydrogen-bond donors (Lipinski definition) is 1. The Hall–Kier alpha value is -0.600. The topological polar surface area (TPSA) is 12.0 Å². The van der Waals surface area contributed by atoms with Gasteiger partial charge in [0.25, 0.3) is 0 Å². The molecule has 0 aliphatic heterocycles. The average molecular weight is 312 g/mol. The quantitative estimate of drug-likeness (QED) is 0.741. The summed E-state index contributed by atoms with van der Waals surface area (Å²) in [6.45, 7) is 6.46. The Labute approximate surface area is 133 Å². The molecule has 1 aromatic carbocycles. The van der Waals surface area contributed by atoms with Crippen LogP contribution >= 0.6 is 11.6 Å². The second-order valence-electron chi connectivity index (χ2n) is 6.80. The van der Waals surface area contributed by atoms with Gasteiger partial charge in [0.15, 0.2) is 0 Å². The molecule has 118 valence electrons. The van der Waals surface area contributed by atoms with Gasteiger partial charge in [0.1, 0.15) is 5.82 Å². The van der Waals surface area contributed by atoms with Crippen molar-refractivity contribution in [3.8, 4) is 0 Å². The molecule has 1 atom stereocenters. The molecular weight excluding hydrogens is 285 g/mol. The summed E-state index contributed by atoms with van der Waals surface area (Å²) in [7, 11) is 0. The third-order valence-electron chi connectivity index (χ3n) is 4.52. The molecule has 2 rings (SSSR count). The van der Waals surface area contributed by atoms with Crippen LogP contribution in [0.2, 0.25) is 5.02 Å². The lowest BCUT2D eigenvalue weighted by Crippen LogP contribution is -2.31. The molecule has 0 aromatic heterocycles. The van der Waals surface area contributed by atoms with Gasteiger partial charge in [-0.2, -0.15) is 0 Å². The Balaban J connectivity index is 2.00. The maximum Gasteiger partial charge on any atom is 0.127 e. The molecule has 1 nitrogen and oxygen atoms in total. The normalized spacial score (nSPS) is 17.6. The van der Waals surface area contributed by atoms with E-state index in [0.29, 0.717) is 16.9 Å². The monoisotopic (exact) mass is 311 g/mol. The minimum absolute atomic E-state index is 0.158. The van der Waals surface area contributed by atoms with Gasteiger partial charge in [0.05, 0.1) is 0 Å². The molecule has 1 saturated carbocycles. The molecule has 21 heavy (non-hydrogen) atoms. The van der Waals surface area contributed by atoms with Crippen molar-refractivity contribution in [1.29, 1.82) is 0 Å². The Morgan fingerprint density at radius 1 is 1.24 bits per heavy atom. The predicted molar refractivity (Wildman–Crippen MR) is 88.3 cm³/mol. The fourth-order valence-corrected chi connectivity index (χ4v) is 3.52. The molecule has 1 fully saturated rings. The van der Waals surface area contributed by atoms with Crippen LogP contribution in [0.1, 0.15) is 45.1 Å². The zero-order valence-corrected chi connectivity index (χ0v) is 13.9. The number of rotatable bonds is 7. The van der Waals surface area contributed by atoms with Crippen molar-refractivity contribution in [2.75, 3.05) is 13.1 Å². The van der Waals surface area contributed by atoms with Gasteiger partial charge >= 0.3 is 0 Å². The first-order valence-corrected chi connectivity index (χ1v) is 8.58. The summed E-state index contributed by atoms with van der Waals surface area (Å²) in [4.78, 5) is 0. The molecule has 1 aromatic rings. The van der Waals surface area contributed by atoms with E-state index < -0.39 is 0 Å². The molecule has 0 heterocycles. The van der Waals surface area contributed by atoms with E-state index in [0.717, 1.165) is 31.0 Å². The van der Waals surface area contributed by atoms with E-state index in [1.807, 2.05) is 6.07 Å². The Kier molecular flexibility index (Phi) is 6.50. The summed E-state index contributed by atoms with van der Waals surface area (Å²) >= 11 is 5.85. The van der Waals surface area contributed by atoms with Gasteiger partial charge in [-0.05, 0) is 55.0 Å². The van der Waals surface area contributed by atoms with Crippen molar-refractivity contribution in [2.45, 2.75) is 46.0 Å². The second kappa shape index (κ2) is 8.14. The summed E-state index contributed by atoms with van der Waals surface area (Å²) in [6.07, 6.45) is 6.06. The van der Waals surface area contributed by atoms with Gasteiger partial charge in [-0.3, -0.25) is 0 Å². The molecule has 0 bridgehead atoms. The number of hydrogen-bond acceptors (Lipinski definition) is 1. The van der Waals surface area contributed by atoms with Crippen molar-refractivity contribution < 1.29 is 4.39 Å². The van der Waals surface area contributed by atoms with Crippen molar-refractivity contribution in [1.82, 2.24) is 5.32 Å². The largest absolute Gasteiger partial charge is 0.316 e. The van der Waals surface area contributed by atoms with E-state index in [-0.39, 0.29) is 5.82 Å². The van der Waals surface area contributed by atoms with Crippen LogP contribution in [-0.2, 0) is 6.42 Å². The van der Waals surface area contributed by atoms with Crippen molar-refractivity contribution in [2.24, 2.45) is 17.8 Å². The van der Waals surface area contributed by atoms with Crippen LogP contribution in [0.4, 0.5) is 4.39 Å². The highest BCUT2D eigenvalue weighted by Gasteiger charge is 2.25. The molecule has 3 heteroatoms. The van der Waals surface area contributed by atoms with Crippen LogP contribution in [0, 0.1) is 23.6 Å². The maximum atomic E-state index is 14.0. The zero-order valence-electron chi connectivity index (χ0n) is 13.2. The first-order chi connectivity index (χ1) is 10.1. The lowest BCUT2D eigenvalue weighted by Gasteiger charge is -2.25. The van der Waals surface area contributed by atoms with Gasteiger partial charge in [0, 0.05) is 5.02 Å². The zero-order chi connectivity index (χ0) is 15.2. The summed E-state index contributed by atoms with van der Waals surface area (Å²) < 4.78 is 14.0. The van der Waals surface area contributed by atoms with E-state index in [1.165, 1.54) is 31.7 Å². The number of nitrogens with one attached hydrogen (secondary N) is 1. The first kappa shape index (κ1) is 16.8. The van der Waals surface area contributed by atoms with Crippen molar-refractivity contribution in [3.05, 3.63) is 34.6 Å². The lowest BCUT2D eigenvalue weighted by molar-refractivity contribution is 0.313. The van der Waals surface area contributed by atoms with Gasteiger partial charge in [-0.15, -0.1) is 0 Å². The van der Waals surface area contributed by atoms with E-state index in [2.05, 4.69) is 19.2 Å². The third-order valence-corrected chi connectivity index (χ3v) is 4.76. The van der Waals surface area contributed by atoms with Crippen LogP contribution in [0.3, 0.4) is 0 Å². The van der Waals surface area contributed by atoms with E-state index >= 15 is 0 Å². The van der Waals surface area contributed by atoms with E-state index in [9.17, 15) is 4.39 Å². The molecule has 1 unspecified atom stereocenters. The van der Waals surface area contributed by atoms with Gasteiger partial charge in [-0.25, -0.2) is 4.39 Å². The van der Waals surface area contributed by atoms with Crippen molar-refractivity contribution >= 4 is 11.6 Å². The molecular formula is C18H27ClFN. The summed E-state index contributed by atoms with van der Waals surface area (Å²) in [5.41, 5.74) is 0.808. The van der Waals surface area contributed by atoms with Gasteiger partial charge in [-0.1, -0.05) is 57.2 Å². The van der Waals surface area contributed by atoms with Crippen LogP contribution in [0.5, 0.6) is 0 Å². The lowest BCUT2D eigenvalue weighted by atomic mass is 9.85. The predicted octanol–water partition coefficient (Wildman–Crippen LogP) is 5.07. The minimum atomic E-state index is -0.158. The molecule has 0 spiro atoms. The van der Waals surface area contributed by atoms with Crippen LogP contribution in [0.15, 0.2) is 18.2 Å². The van der Waals surface area contributed by atoms with Crippen LogP contribution < -0.4 is 5.32 Å². The number of halogens is 2. The van der Waals surface area contributed by atoms with Crippen LogP contribution in [0.25, 0.3) is 0 Å².